The fraction of sp³-hybridized carbons (Fsp3) is 0.294. The lowest BCUT2D eigenvalue weighted by atomic mass is 10.2. The van der Waals surface area contributed by atoms with Gasteiger partial charge in [0, 0.05) is 38.0 Å². The van der Waals surface area contributed by atoms with E-state index in [1.54, 1.807) is 29.9 Å². The van der Waals surface area contributed by atoms with E-state index in [2.05, 4.69) is 10.1 Å². The van der Waals surface area contributed by atoms with Crippen LogP contribution < -0.4 is 0 Å². The van der Waals surface area contributed by atoms with Gasteiger partial charge in [-0.25, -0.2) is 15.0 Å². The topological polar surface area (TPSA) is 71.3 Å². The molecule has 2 aromatic rings. The van der Waals surface area contributed by atoms with Crippen LogP contribution in [0.3, 0.4) is 0 Å². The maximum atomic E-state index is 12.6. The van der Waals surface area contributed by atoms with E-state index in [0.717, 1.165) is 5.69 Å². The molecule has 0 aliphatic carbocycles. The van der Waals surface area contributed by atoms with E-state index in [1.165, 1.54) is 22.3 Å². The summed E-state index contributed by atoms with van der Waals surface area (Å²) in [6.45, 7) is 2.75. The highest BCUT2D eigenvalue weighted by atomic mass is 35.5. The van der Waals surface area contributed by atoms with E-state index in [-0.39, 0.29) is 11.8 Å². The zero-order valence-corrected chi connectivity index (χ0v) is 15.8. The number of amides is 2. The summed E-state index contributed by atoms with van der Waals surface area (Å²) < 4.78 is 1.54. The second-order valence-corrected chi connectivity index (χ2v) is 6.60. The van der Waals surface area contributed by atoms with Gasteiger partial charge in [0.25, 0.3) is 11.8 Å². The van der Waals surface area contributed by atoms with Crippen LogP contribution in [0.25, 0.3) is 6.08 Å². The first-order valence-corrected chi connectivity index (χ1v) is 8.76. The lowest BCUT2D eigenvalue weighted by Gasteiger charge is -2.26. The predicted molar refractivity (Wildman–Crippen MR) is 98.6 cm³/mol. The number of halogens is 2. The first kappa shape index (κ1) is 18.4. The molecule has 1 fully saturated rings. The standard InChI is InChI=1S/C17H17Cl2N5O2/c1-11-13(16(19)22(2)21-11)5-7-15(25)23-8-3-9-24(23)17(26)12-4-6-14(18)20-10-12/h4-7,10H,3,8-9H2,1-2H3. The van der Waals surface area contributed by atoms with Gasteiger partial charge in [-0.3, -0.25) is 14.3 Å². The van der Waals surface area contributed by atoms with Crippen LogP contribution in [0.2, 0.25) is 10.3 Å². The summed E-state index contributed by atoms with van der Waals surface area (Å²) >= 11 is 11.9. The Morgan fingerprint density at radius 2 is 1.92 bits per heavy atom. The van der Waals surface area contributed by atoms with Crippen LogP contribution in [-0.4, -0.2) is 49.7 Å². The second-order valence-electron chi connectivity index (χ2n) is 5.86. The normalized spacial score (nSPS) is 14.5. The lowest BCUT2D eigenvalue weighted by Crippen LogP contribution is -2.44. The zero-order valence-electron chi connectivity index (χ0n) is 14.3. The van der Waals surface area contributed by atoms with E-state index in [1.807, 2.05) is 6.92 Å². The van der Waals surface area contributed by atoms with Crippen molar-refractivity contribution in [3.8, 4) is 0 Å². The van der Waals surface area contributed by atoms with Crippen LogP contribution in [0.1, 0.15) is 28.0 Å². The van der Waals surface area contributed by atoms with Crippen molar-refractivity contribution in [2.24, 2.45) is 7.05 Å². The Hall–Kier alpha value is -2.38. The molecule has 0 N–H and O–H groups in total. The van der Waals surface area contributed by atoms with Crippen LogP contribution in [-0.2, 0) is 11.8 Å². The van der Waals surface area contributed by atoms with Crippen LogP contribution in [0, 0.1) is 6.92 Å². The molecule has 0 unspecified atom stereocenters. The molecule has 0 radical (unpaired) electrons. The average Bonchev–Trinajstić information content (AvgIpc) is 3.19. The molecule has 1 aliphatic rings. The largest absolute Gasteiger partial charge is 0.274 e. The Labute approximate surface area is 160 Å². The minimum atomic E-state index is -0.294. The molecule has 0 saturated carbocycles. The lowest BCUT2D eigenvalue weighted by molar-refractivity contribution is -0.134. The van der Waals surface area contributed by atoms with Crippen LogP contribution >= 0.6 is 23.2 Å². The minimum absolute atomic E-state index is 0.288. The molecule has 2 amide bonds. The number of rotatable bonds is 3. The van der Waals surface area contributed by atoms with Gasteiger partial charge in [0.2, 0.25) is 0 Å². The molecule has 9 heteroatoms. The molecular formula is C17H17Cl2N5O2. The molecule has 26 heavy (non-hydrogen) atoms. The third-order valence-corrected chi connectivity index (χ3v) is 4.75. The molecule has 3 heterocycles. The highest BCUT2D eigenvalue weighted by Crippen LogP contribution is 2.21. The van der Waals surface area contributed by atoms with Crippen LogP contribution in [0.15, 0.2) is 24.4 Å². The summed E-state index contributed by atoms with van der Waals surface area (Å²) in [5.41, 5.74) is 1.79. The number of nitrogens with zero attached hydrogens (tertiary/aromatic N) is 5. The van der Waals surface area contributed by atoms with E-state index < -0.39 is 0 Å². The van der Waals surface area contributed by atoms with Gasteiger partial charge in [0.05, 0.1) is 11.3 Å². The third-order valence-electron chi connectivity index (χ3n) is 4.08. The zero-order chi connectivity index (χ0) is 18.8. The van der Waals surface area contributed by atoms with Crippen molar-refractivity contribution >= 4 is 41.1 Å². The summed E-state index contributed by atoms with van der Waals surface area (Å²) in [6, 6.07) is 3.14. The molecule has 7 nitrogen and oxygen atoms in total. The van der Waals surface area contributed by atoms with Gasteiger partial charge in [-0.05, 0) is 31.6 Å². The summed E-state index contributed by atoms with van der Waals surface area (Å²) in [6.07, 6.45) is 5.14. The summed E-state index contributed by atoms with van der Waals surface area (Å²) in [4.78, 5) is 29.2. The average molecular weight is 394 g/mol. The van der Waals surface area contributed by atoms with Crippen LogP contribution in [0.4, 0.5) is 0 Å². The fourth-order valence-electron chi connectivity index (χ4n) is 2.78. The molecule has 0 atom stereocenters. The monoisotopic (exact) mass is 393 g/mol. The number of hydrogen-bond donors (Lipinski definition) is 0. The number of carbonyl (C=O) groups is 2. The van der Waals surface area contributed by atoms with Crippen molar-refractivity contribution < 1.29 is 9.59 Å². The number of aryl methyl sites for hydroxylation is 2. The molecule has 136 valence electrons. The summed E-state index contributed by atoms with van der Waals surface area (Å²) in [7, 11) is 1.73. The Balaban J connectivity index is 1.77. The third kappa shape index (κ3) is 3.59. The molecule has 1 saturated heterocycles. The SMILES string of the molecule is Cc1nn(C)c(Cl)c1C=CC(=O)N1CCCN1C(=O)c1ccc(Cl)nc1. The molecule has 2 aromatic heterocycles. The van der Waals surface area contributed by atoms with E-state index in [9.17, 15) is 9.59 Å². The van der Waals surface area contributed by atoms with Crippen molar-refractivity contribution in [1.82, 2.24) is 24.8 Å². The van der Waals surface area contributed by atoms with E-state index in [4.69, 9.17) is 23.2 Å². The van der Waals surface area contributed by atoms with Gasteiger partial charge in [-0.2, -0.15) is 5.10 Å². The van der Waals surface area contributed by atoms with Crippen molar-refractivity contribution in [2.75, 3.05) is 13.1 Å². The maximum absolute atomic E-state index is 12.6. The van der Waals surface area contributed by atoms with E-state index in [0.29, 0.717) is 40.9 Å². The van der Waals surface area contributed by atoms with Crippen molar-refractivity contribution in [2.45, 2.75) is 13.3 Å². The molecule has 0 aromatic carbocycles. The first-order valence-electron chi connectivity index (χ1n) is 8.00. The van der Waals surface area contributed by atoms with Gasteiger partial charge in [0.1, 0.15) is 10.3 Å². The number of hydrogen-bond acceptors (Lipinski definition) is 4. The highest BCUT2D eigenvalue weighted by Gasteiger charge is 2.30. The second kappa shape index (κ2) is 7.47. The number of carbonyl (C=O) groups excluding carboxylic acids is 2. The molecule has 3 rings (SSSR count). The van der Waals surface area contributed by atoms with Crippen LogP contribution in [0.5, 0.6) is 0 Å². The molecule has 1 aliphatic heterocycles. The number of aromatic nitrogens is 3. The number of hydrazine groups is 1. The van der Waals surface area contributed by atoms with Crippen molar-refractivity contribution in [3.63, 3.8) is 0 Å². The fourth-order valence-corrected chi connectivity index (χ4v) is 3.13. The van der Waals surface area contributed by atoms with Gasteiger partial charge in [-0.1, -0.05) is 23.2 Å². The molecular weight excluding hydrogens is 377 g/mol. The summed E-state index contributed by atoms with van der Waals surface area (Å²) in [5.74, 6) is -0.582. The Morgan fingerprint density at radius 3 is 2.54 bits per heavy atom. The van der Waals surface area contributed by atoms with Crippen molar-refractivity contribution in [3.05, 3.63) is 51.5 Å². The smallest absolute Gasteiger partial charge is 0.268 e. The Morgan fingerprint density at radius 1 is 1.19 bits per heavy atom. The van der Waals surface area contributed by atoms with Gasteiger partial charge < -0.3 is 0 Å². The Kier molecular flexibility index (Phi) is 5.29. The molecule has 0 bridgehead atoms. The summed E-state index contributed by atoms with van der Waals surface area (Å²) in [5, 5.41) is 7.81. The van der Waals surface area contributed by atoms with Gasteiger partial charge in [-0.15, -0.1) is 0 Å². The Bertz CT molecular complexity index is 876. The van der Waals surface area contributed by atoms with Gasteiger partial charge in [0.15, 0.2) is 0 Å². The predicted octanol–water partition coefficient (Wildman–Crippen LogP) is 2.73. The molecule has 0 spiro atoms. The first-order chi connectivity index (χ1) is 12.4. The minimum Gasteiger partial charge on any atom is -0.268 e. The number of pyridine rings is 1. The quantitative estimate of drug-likeness (QED) is 0.593. The van der Waals surface area contributed by atoms with Crippen molar-refractivity contribution in [1.29, 1.82) is 0 Å². The highest BCUT2D eigenvalue weighted by molar-refractivity contribution is 6.31. The van der Waals surface area contributed by atoms with Gasteiger partial charge >= 0.3 is 0 Å². The van der Waals surface area contributed by atoms with E-state index >= 15 is 0 Å². The maximum Gasteiger partial charge on any atom is 0.274 e.